The molecule has 0 atom stereocenters. The van der Waals surface area contributed by atoms with E-state index in [1.807, 2.05) is 30.3 Å². The van der Waals surface area contributed by atoms with Crippen LogP contribution in [-0.2, 0) is 0 Å². The number of hydrogen-bond donors (Lipinski definition) is 2. The number of hydrogen-bond acceptors (Lipinski definition) is 3. The molecule has 20 heavy (non-hydrogen) atoms. The smallest absolute Gasteiger partial charge is 0.252 e. The molecule has 2 rings (SSSR count). The van der Waals surface area contributed by atoms with Gasteiger partial charge in [0.05, 0.1) is 17.1 Å². The summed E-state index contributed by atoms with van der Waals surface area (Å²) in [5.41, 5.74) is 6.51. The second-order valence-electron chi connectivity index (χ2n) is 4.16. The Morgan fingerprint density at radius 2 is 1.95 bits per heavy atom. The van der Waals surface area contributed by atoms with E-state index in [0.717, 1.165) is 5.75 Å². The number of ether oxygens (including phenoxy) is 1. The summed E-state index contributed by atoms with van der Waals surface area (Å²) in [6.45, 7) is 0.788. The van der Waals surface area contributed by atoms with Crippen molar-refractivity contribution >= 4 is 23.2 Å². The summed E-state index contributed by atoms with van der Waals surface area (Å²) in [4.78, 5) is 11.9. The SMILES string of the molecule is Nc1ccc(C(=O)NCCOc2ccccc2)c(Cl)c1. The average Bonchev–Trinajstić information content (AvgIpc) is 2.44. The summed E-state index contributed by atoms with van der Waals surface area (Å²) in [6.07, 6.45) is 0. The molecule has 0 aliphatic heterocycles. The van der Waals surface area contributed by atoms with Gasteiger partial charge in [0.2, 0.25) is 0 Å². The monoisotopic (exact) mass is 290 g/mol. The van der Waals surface area contributed by atoms with Crippen LogP contribution < -0.4 is 15.8 Å². The number of benzene rings is 2. The Labute approximate surface area is 122 Å². The molecule has 0 aliphatic carbocycles. The van der Waals surface area contributed by atoms with E-state index in [0.29, 0.717) is 29.4 Å². The van der Waals surface area contributed by atoms with Gasteiger partial charge >= 0.3 is 0 Å². The first-order chi connectivity index (χ1) is 9.66. The summed E-state index contributed by atoms with van der Waals surface area (Å²) in [6, 6.07) is 14.2. The van der Waals surface area contributed by atoms with Crippen molar-refractivity contribution in [3.8, 4) is 5.75 Å². The van der Waals surface area contributed by atoms with Gasteiger partial charge in [-0.2, -0.15) is 0 Å². The van der Waals surface area contributed by atoms with E-state index in [1.165, 1.54) is 0 Å². The maximum Gasteiger partial charge on any atom is 0.252 e. The van der Waals surface area contributed by atoms with Gasteiger partial charge in [0, 0.05) is 5.69 Å². The highest BCUT2D eigenvalue weighted by Crippen LogP contribution is 2.18. The fourth-order valence-corrected chi connectivity index (χ4v) is 1.94. The first-order valence-corrected chi connectivity index (χ1v) is 6.55. The van der Waals surface area contributed by atoms with Crippen LogP contribution in [0.5, 0.6) is 5.75 Å². The third kappa shape index (κ3) is 3.90. The number of nitrogen functional groups attached to an aromatic ring is 1. The second-order valence-corrected chi connectivity index (χ2v) is 4.56. The number of carbonyl (C=O) groups is 1. The Morgan fingerprint density at radius 1 is 1.20 bits per heavy atom. The standard InChI is InChI=1S/C15H15ClN2O2/c16-14-10-11(17)6-7-13(14)15(19)18-8-9-20-12-4-2-1-3-5-12/h1-7,10H,8-9,17H2,(H,18,19). The molecular weight excluding hydrogens is 276 g/mol. The van der Waals surface area contributed by atoms with Gasteiger partial charge < -0.3 is 15.8 Å². The molecule has 4 nitrogen and oxygen atoms in total. The van der Waals surface area contributed by atoms with Crippen LogP contribution in [0.2, 0.25) is 5.02 Å². The zero-order valence-electron chi connectivity index (χ0n) is 10.8. The fraction of sp³-hybridized carbons (Fsp3) is 0.133. The summed E-state index contributed by atoms with van der Waals surface area (Å²) in [7, 11) is 0. The molecule has 0 heterocycles. The van der Waals surface area contributed by atoms with E-state index in [2.05, 4.69) is 5.32 Å². The highest BCUT2D eigenvalue weighted by molar-refractivity contribution is 6.34. The summed E-state index contributed by atoms with van der Waals surface area (Å²) in [5.74, 6) is 0.527. The molecule has 0 saturated heterocycles. The van der Waals surface area contributed by atoms with Crippen LogP contribution in [0, 0.1) is 0 Å². The fourth-order valence-electron chi connectivity index (χ4n) is 1.66. The summed E-state index contributed by atoms with van der Waals surface area (Å²) in [5, 5.41) is 3.08. The number of nitrogens with two attached hydrogens (primary N) is 1. The zero-order chi connectivity index (χ0) is 14.4. The van der Waals surface area contributed by atoms with Crippen molar-refractivity contribution < 1.29 is 9.53 Å². The average molecular weight is 291 g/mol. The molecule has 0 spiro atoms. The van der Waals surface area contributed by atoms with Crippen molar-refractivity contribution in [3.63, 3.8) is 0 Å². The largest absolute Gasteiger partial charge is 0.492 e. The van der Waals surface area contributed by atoms with Crippen LogP contribution in [0.1, 0.15) is 10.4 Å². The number of amides is 1. The van der Waals surface area contributed by atoms with Gasteiger partial charge in [-0.1, -0.05) is 29.8 Å². The van der Waals surface area contributed by atoms with Gasteiger partial charge in [0.25, 0.3) is 5.91 Å². The third-order valence-corrected chi connectivity index (χ3v) is 2.95. The molecule has 0 aliphatic rings. The topological polar surface area (TPSA) is 64.4 Å². The molecule has 1 amide bonds. The lowest BCUT2D eigenvalue weighted by atomic mass is 10.2. The lowest BCUT2D eigenvalue weighted by Crippen LogP contribution is -2.28. The van der Waals surface area contributed by atoms with E-state index in [9.17, 15) is 4.79 Å². The Morgan fingerprint density at radius 3 is 2.65 bits per heavy atom. The number of para-hydroxylation sites is 1. The minimum Gasteiger partial charge on any atom is -0.492 e. The molecular formula is C15H15ClN2O2. The van der Waals surface area contributed by atoms with E-state index in [4.69, 9.17) is 22.1 Å². The number of halogens is 1. The maximum absolute atomic E-state index is 11.9. The van der Waals surface area contributed by atoms with Gasteiger partial charge in [-0.05, 0) is 30.3 Å². The van der Waals surface area contributed by atoms with Crippen LogP contribution in [0.4, 0.5) is 5.69 Å². The van der Waals surface area contributed by atoms with Crippen LogP contribution >= 0.6 is 11.6 Å². The molecule has 0 aromatic heterocycles. The summed E-state index contributed by atoms with van der Waals surface area (Å²) < 4.78 is 5.47. The molecule has 0 saturated carbocycles. The van der Waals surface area contributed by atoms with Gasteiger partial charge in [0.15, 0.2) is 0 Å². The number of rotatable bonds is 5. The van der Waals surface area contributed by atoms with Crippen LogP contribution in [0.15, 0.2) is 48.5 Å². The number of nitrogens with one attached hydrogen (secondary N) is 1. The number of carbonyl (C=O) groups excluding carboxylic acids is 1. The van der Waals surface area contributed by atoms with E-state index in [-0.39, 0.29) is 5.91 Å². The normalized spacial score (nSPS) is 10.1. The van der Waals surface area contributed by atoms with Crippen molar-refractivity contribution in [1.29, 1.82) is 0 Å². The maximum atomic E-state index is 11.9. The Hall–Kier alpha value is -2.20. The predicted octanol–water partition coefficient (Wildman–Crippen LogP) is 2.73. The lowest BCUT2D eigenvalue weighted by Gasteiger charge is -2.08. The van der Waals surface area contributed by atoms with Crippen LogP contribution in [0.3, 0.4) is 0 Å². The molecule has 3 N–H and O–H groups in total. The second kappa shape index (κ2) is 6.82. The Balaban J connectivity index is 1.80. The van der Waals surface area contributed by atoms with Crippen molar-refractivity contribution in [2.24, 2.45) is 0 Å². The van der Waals surface area contributed by atoms with Gasteiger partial charge in [0.1, 0.15) is 12.4 Å². The lowest BCUT2D eigenvalue weighted by molar-refractivity contribution is 0.0947. The summed E-state index contributed by atoms with van der Waals surface area (Å²) >= 11 is 5.96. The number of anilines is 1. The first kappa shape index (κ1) is 14.2. The Bertz CT molecular complexity index is 588. The van der Waals surface area contributed by atoms with E-state index >= 15 is 0 Å². The highest BCUT2D eigenvalue weighted by Gasteiger charge is 2.09. The molecule has 0 fully saturated rings. The minimum atomic E-state index is -0.244. The van der Waals surface area contributed by atoms with Gasteiger partial charge in [-0.3, -0.25) is 4.79 Å². The van der Waals surface area contributed by atoms with Crippen molar-refractivity contribution in [2.45, 2.75) is 0 Å². The third-order valence-electron chi connectivity index (χ3n) is 2.64. The van der Waals surface area contributed by atoms with Gasteiger partial charge in [-0.15, -0.1) is 0 Å². The van der Waals surface area contributed by atoms with Crippen LogP contribution in [0.25, 0.3) is 0 Å². The van der Waals surface area contributed by atoms with Gasteiger partial charge in [-0.25, -0.2) is 0 Å². The van der Waals surface area contributed by atoms with Crippen LogP contribution in [-0.4, -0.2) is 19.1 Å². The highest BCUT2D eigenvalue weighted by atomic mass is 35.5. The first-order valence-electron chi connectivity index (χ1n) is 6.18. The van der Waals surface area contributed by atoms with Crippen molar-refractivity contribution in [2.75, 3.05) is 18.9 Å². The zero-order valence-corrected chi connectivity index (χ0v) is 11.6. The van der Waals surface area contributed by atoms with Crippen molar-refractivity contribution in [3.05, 3.63) is 59.1 Å². The van der Waals surface area contributed by atoms with Crippen molar-refractivity contribution in [1.82, 2.24) is 5.32 Å². The van der Waals surface area contributed by atoms with E-state index in [1.54, 1.807) is 18.2 Å². The molecule has 104 valence electrons. The molecule has 5 heteroatoms. The molecule has 0 radical (unpaired) electrons. The molecule has 2 aromatic rings. The molecule has 0 unspecified atom stereocenters. The molecule has 2 aromatic carbocycles. The Kier molecular flexibility index (Phi) is 4.85. The molecule has 0 bridgehead atoms. The predicted molar refractivity (Wildman–Crippen MR) is 80.1 cm³/mol. The minimum absolute atomic E-state index is 0.244. The van der Waals surface area contributed by atoms with E-state index < -0.39 is 0 Å². The quantitative estimate of drug-likeness (QED) is 0.657.